The van der Waals surface area contributed by atoms with E-state index in [0.29, 0.717) is 17.8 Å². The molecule has 0 aromatic heterocycles. The molecule has 174 valence electrons. The molecule has 6 nitrogen and oxygen atoms in total. The molecule has 32 heavy (non-hydrogen) atoms. The van der Waals surface area contributed by atoms with Gasteiger partial charge in [0.1, 0.15) is 17.5 Å². The summed E-state index contributed by atoms with van der Waals surface area (Å²) in [5.41, 5.74) is 0.720. The van der Waals surface area contributed by atoms with Crippen LogP contribution in [0.25, 0.3) is 0 Å². The molecule has 1 aromatic carbocycles. The van der Waals surface area contributed by atoms with Crippen molar-refractivity contribution in [2.75, 3.05) is 44.7 Å². The lowest BCUT2D eigenvalue weighted by atomic mass is 9.55. The monoisotopic (exact) mass is 440 g/mol. The van der Waals surface area contributed by atoms with Gasteiger partial charge >= 0.3 is 5.97 Å². The van der Waals surface area contributed by atoms with Crippen LogP contribution < -0.4 is 9.64 Å². The largest absolute Gasteiger partial charge is 0.495 e. The molecule has 7 atom stereocenters. The Hall–Kier alpha value is -1.79. The highest BCUT2D eigenvalue weighted by Gasteiger charge is 2.77. The molecule has 0 bridgehead atoms. The van der Waals surface area contributed by atoms with Crippen molar-refractivity contribution < 1.29 is 19.0 Å². The summed E-state index contributed by atoms with van der Waals surface area (Å²) in [6.07, 6.45) is 4.63. The molecule has 3 heterocycles. The van der Waals surface area contributed by atoms with Gasteiger partial charge in [-0.3, -0.25) is 9.69 Å². The van der Waals surface area contributed by atoms with Crippen LogP contribution in [0.2, 0.25) is 0 Å². The number of fused-ring (bicyclic) bond motifs is 1. The maximum Gasteiger partial charge on any atom is 0.311 e. The summed E-state index contributed by atoms with van der Waals surface area (Å²) >= 11 is 0. The molecule has 0 N–H and O–H groups in total. The van der Waals surface area contributed by atoms with Crippen LogP contribution in [0.15, 0.2) is 24.3 Å². The number of ether oxygens (including phenoxy) is 3. The summed E-state index contributed by atoms with van der Waals surface area (Å²) in [4.78, 5) is 18.1. The van der Waals surface area contributed by atoms with E-state index >= 15 is 0 Å². The zero-order chi connectivity index (χ0) is 22.1. The molecule has 3 saturated heterocycles. The Morgan fingerprint density at radius 2 is 1.88 bits per heavy atom. The molecule has 5 aliphatic rings. The molecule has 2 aliphatic carbocycles. The third kappa shape index (κ3) is 2.95. The summed E-state index contributed by atoms with van der Waals surface area (Å²) in [5, 5.41) is 0. The van der Waals surface area contributed by atoms with E-state index in [-0.39, 0.29) is 29.2 Å². The first-order valence-corrected chi connectivity index (χ1v) is 12.5. The highest BCUT2D eigenvalue weighted by atomic mass is 16.7. The van der Waals surface area contributed by atoms with Crippen LogP contribution in [0, 0.1) is 23.7 Å². The van der Waals surface area contributed by atoms with E-state index in [1.54, 1.807) is 7.11 Å². The molecule has 1 spiro atoms. The van der Waals surface area contributed by atoms with Crippen molar-refractivity contribution in [3.8, 4) is 5.75 Å². The molecule has 0 unspecified atom stereocenters. The first-order chi connectivity index (χ1) is 15.5. The lowest BCUT2D eigenvalue weighted by Crippen LogP contribution is -2.58. The van der Waals surface area contributed by atoms with Crippen molar-refractivity contribution >= 4 is 11.7 Å². The van der Waals surface area contributed by atoms with Crippen molar-refractivity contribution in [1.82, 2.24) is 4.90 Å². The van der Waals surface area contributed by atoms with Crippen LogP contribution in [0.5, 0.6) is 5.75 Å². The van der Waals surface area contributed by atoms with Crippen molar-refractivity contribution in [3.63, 3.8) is 0 Å². The van der Waals surface area contributed by atoms with Gasteiger partial charge in [-0.2, -0.15) is 0 Å². The zero-order valence-electron chi connectivity index (χ0n) is 19.6. The maximum absolute atomic E-state index is 13.3. The molecule has 2 saturated carbocycles. The van der Waals surface area contributed by atoms with Gasteiger partial charge in [-0.05, 0) is 50.7 Å². The van der Waals surface area contributed by atoms with Crippen LogP contribution in [0.4, 0.5) is 5.69 Å². The number of carbonyl (C=O) groups excluding carboxylic acids is 1. The standard InChI is InChI=1S/C26H36N2O4/c1-17-8-9-20-18(23(29)31-26(20)19(17)10-11-25(2)24(26)32-25)16-27-12-14-28(15-13-27)21-6-4-5-7-22(21)30-3/h4-7,17-20,24H,8-16H2,1-3H3/t17-,18+,19-,20+,24+,25-,26-/m0/s1. The Balaban J connectivity index is 1.17. The lowest BCUT2D eigenvalue weighted by molar-refractivity contribution is -0.168. The highest BCUT2D eigenvalue weighted by Crippen LogP contribution is 2.66. The van der Waals surface area contributed by atoms with Gasteiger partial charge in [-0.15, -0.1) is 0 Å². The molecule has 0 radical (unpaired) electrons. The second kappa shape index (κ2) is 7.36. The SMILES string of the molecule is COc1ccccc1N1CCN(C[C@H]2C(=O)O[C@]34[C@@H]2CC[C@H](C)[C@@H]3CC[C@]2(C)O[C@@H]42)CC1. The fourth-order valence-electron chi connectivity index (χ4n) is 7.60. The van der Waals surface area contributed by atoms with Gasteiger partial charge in [0.15, 0.2) is 0 Å². The normalized spacial score (nSPS) is 43.2. The number of para-hydroxylation sites is 2. The average Bonchev–Trinajstić information content (AvgIpc) is 3.44. The van der Waals surface area contributed by atoms with Gasteiger partial charge in [0, 0.05) is 44.6 Å². The molecule has 6 rings (SSSR count). The van der Waals surface area contributed by atoms with Crippen molar-refractivity contribution in [2.24, 2.45) is 23.7 Å². The van der Waals surface area contributed by atoms with E-state index in [2.05, 4.69) is 35.8 Å². The van der Waals surface area contributed by atoms with Gasteiger partial charge in [0.25, 0.3) is 0 Å². The first kappa shape index (κ1) is 20.8. The molecular formula is C26H36N2O4. The van der Waals surface area contributed by atoms with Crippen molar-refractivity contribution in [2.45, 2.75) is 56.8 Å². The second-order valence-electron chi connectivity index (χ2n) is 11.0. The molecule has 0 amide bonds. The molecule has 5 fully saturated rings. The number of benzene rings is 1. The molecular weight excluding hydrogens is 404 g/mol. The van der Waals surface area contributed by atoms with E-state index in [9.17, 15) is 4.79 Å². The Morgan fingerprint density at radius 3 is 2.66 bits per heavy atom. The van der Waals surface area contributed by atoms with Crippen LogP contribution in [-0.4, -0.2) is 68.0 Å². The third-order valence-electron chi connectivity index (χ3n) is 9.34. The van der Waals surface area contributed by atoms with Crippen LogP contribution in [0.3, 0.4) is 0 Å². The number of nitrogens with zero attached hydrogens (tertiary/aromatic N) is 2. The van der Waals surface area contributed by atoms with E-state index in [1.165, 1.54) is 6.42 Å². The van der Waals surface area contributed by atoms with Crippen LogP contribution in [-0.2, 0) is 14.3 Å². The number of epoxide rings is 1. The van der Waals surface area contributed by atoms with E-state index in [1.807, 2.05) is 12.1 Å². The quantitative estimate of drug-likeness (QED) is 0.529. The minimum atomic E-state index is -0.369. The number of esters is 1. The minimum absolute atomic E-state index is 0.0191. The van der Waals surface area contributed by atoms with E-state index in [0.717, 1.165) is 63.4 Å². The van der Waals surface area contributed by atoms with Gasteiger partial charge in [0.05, 0.1) is 24.3 Å². The smallest absolute Gasteiger partial charge is 0.311 e. The van der Waals surface area contributed by atoms with Gasteiger partial charge < -0.3 is 19.1 Å². The Labute approximate surface area is 191 Å². The fraction of sp³-hybridized carbons (Fsp3) is 0.731. The number of piperazine rings is 1. The Bertz CT molecular complexity index is 900. The topological polar surface area (TPSA) is 54.5 Å². The fourth-order valence-corrected chi connectivity index (χ4v) is 7.60. The average molecular weight is 441 g/mol. The van der Waals surface area contributed by atoms with Crippen molar-refractivity contribution in [3.05, 3.63) is 24.3 Å². The number of rotatable bonds is 4. The number of hydrogen-bond acceptors (Lipinski definition) is 6. The molecule has 3 aliphatic heterocycles. The van der Waals surface area contributed by atoms with E-state index in [4.69, 9.17) is 14.2 Å². The second-order valence-corrected chi connectivity index (χ2v) is 11.0. The summed E-state index contributed by atoms with van der Waals surface area (Å²) in [7, 11) is 1.73. The highest BCUT2D eigenvalue weighted by molar-refractivity contribution is 5.77. The predicted octanol–water partition coefficient (Wildman–Crippen LogP) is 3.34. The number of hydrogen-bond donors (Lipinski definition) is 0. The number of methoxy groups -OCH3 is 1. The summed E-state index contributed by atoms with van der Waals surface area (Å²) in [6, 6.07) is 8.23. The minimum Gasteiger partial charge on any atom is -0.495 e. The first-order valence-electron chi connectivity index (χ1n) is 12.5. The number of anilines is 1. The van der Waals surface area contributed by atoms with Gasteiger partial charge in [-0.25, -0.2) is 0 Å². The summed E-state index contributed by atoms with van der Waals surface area (Å²) in [6.45, 7) is 9.19. The zero-order valence-corrected chi connectivity index (χ0v) is 19.6. The van der Waals surface area contributed by atoms with Crippen molar-refractivity contribution in [1.29, 1.82) is 0 Å². The van der Waals surface area contributed by atoms with Gasteiger partial charge in [-0.1, -0.05) is 19.1 Å². The molecule has 1 aromatic rings. The summed E-state index contributed by atoms with van der Waals surface area (Å²) < 4.78 is 18.2. The molecule has 6 heteroatoms. The Kier molecular flexibility index (Phi) is 4.78. The lowest BCUT2D eigenvalue weighted by Gasteiger charge is -2.50. The predicted molar refractivity (Wildman–Crippen MR) is 122 cm³/mol. The number of carbonyl (C=O) groups is 1. The van der Waals surface area contributed by atoms with Gasteiger partial charge in [0.2, 0.25) is 0 Å². The Morgan fingerprint density at radius 1 is 1.09 bits per heavy atom. The summed E-state index contributed by atoms with van der Waals surface area (Å²) in [5.74, 6) is 2.30. The third-order valence-corrected chi connectivity index (χ3v) is 9.34. The maximum atomic E-state index is 13.3. The van der Waals surface area contributed by atoms with E-state index < -0.39 is 0 Å². The van der Waals surface area contributed by atoms with Crippen LogP contribution in [0.1, 0.15) is 39.5 Å². The van der Waals surface area contributed by atoms with Crippen LogP contribution >= 0.6 is 0 Å².